The normalized spacial score (nSPS) is 16.9. The second-order valence-electron chi connectivity index (χ2n) is 4.41. The Kier molecular flexibility index (Phi) is 4.24. The highest BCUT2D eigenvalue weighted by Gasteiger charge is 2.15. The molecule has 0 saturated heterocycles. The summed E-state index contributed by atoms with van der Waals surface area (Å²) in [6, 6.07) is 4.82. The van der Waals surface area contributed by atoms with Gasteiger partial charge in [0.15, 0.2) is 0 Å². The smallest absolute Gasteiger partial charge is 0.124 e. The highest BCUT2D eigenvalue weighted by molar-refractivity contribution is 7.99. The van der Waals surface area contributed by atoms with E-state index in [1.165, 1.54) is 31.7 Å². The molecule has 0 unspecified atom stereocenters. The number of hydrogen-bond acceptors (Lipinski definition) is 2. The quantitative estimate of drug-likeness (QED) is 0.811. The molecule has 0 aromatic heterocycles. The summed E-state index contributed by atoms with van der Waals surface area (Å²) in [7, 11) is 0. The Bertz CT molecular complexity index is 348. The van der Waals surface area contributed by atoms with Crippen LogP contribution in [-0.4, -0.2) is 10.9 Å². The Balaban J connectivity index is 1.94. The van der Waals surface area contributed by atoms with Crippen molar-refractivity contribution in [2.24, 2.45) is 5.92 Å². The second kappa shape index (κ2) is 5.69. The van der Waals surface area contributed by atoms with Crippen molar-refractivity contribution in [2.75, 3.05) is 5.75 Å². The minimum absolute atomic E-state index is 0.0885. The van der Waals surface area contributed by atoms with Gasteiger partial charge >= 0.3 is 0 Å². The summed E-state index contributed by atoms with van der Waals surface area (Å²) < 4.78 is 13.2. The highest BCUT2D eigenvalue weighted by atomic mass is 32.2. The van der Waals surface area contributed by atoms with Crippen molar-refractivity contribution < 1.29 is 9.50 Å². The molecule has 0 atom stereocenters. The second-order valence-corrected chi connectivity index (χ2v) is 5.51. The lowest BCUT2D eigenvalue weighted by Gasteiger charge is -2.09. The molecule has 16 heavy (non-hydrogen) atoms. The van der Waals surface area contributed by atoms with Gasteiger partial charge in [0.2, 0.25) is 0 Å². The third kappa shape index (κ3) is 3.22. The van der Waals surface area contributed by atoms with Crippen LogP contribution in [0.5, 0.6) is 0 Å². The molecule has 1 nitrogen and oxygen atoms in total. The van der Waals surface area contributed by atoms with Gasteiger partial charge < -0.3 is 5.11 Å². The fourth-order valence-electron chi connectivity index (χ4n) is 2.19. The molecule has 2 rings (SSSR count). The van der Waals surface area contributed by atoms with E-state index in [4.69, 9.17) is 5.11 Å². The van der Waals surface area contributed by atoms with Crippen LogP contribution < -0.4 is 0 Å². The molecular formula is C13H17FOS. The van der Waals surface area contributed by atoms with E-state index in [2.05, 4.69) is 0 Å². The average Bonchev–Trinajstić information content (AvgIpc) is 2.78. The summed E-state index contributed by atoms with van der Waals surface area (Å²) in [4.78, 5) is 0.941. The summed E-state index contributed by atoms with van der Waals surface area (Å²) >= 11 is 1.71. The molecule has 0 spiro atoms. The minimum Gasteiger partial charge on any atom is -0.392 e. The van der Waals surface area contributed by atoms with Crippen molar-refractivity contribution in [3.8, 4) is 0 Å². The lowest BCUT2D eigenvalue weighted by molar-refractivity contribution is 0.281. The van der Waals surface area contributed by atoms with Gasteiger partial charge in [-0.3, -0.25) is 0 Å². The zero-order chi connectivity index (χ0) is 11.4. The van der Waals surface area contributed by atoms with E-state index in [9.17, 15) is 4.39 Å². The molecule has 1 aromatic rings. The van der Waals surface area contributed by atoms with E-state index in [0.717, 1.165) is 16.6 Å². The number of benzene rings is 1. The molecule has 0 radical (unpaired) electrons. The van der Waals surface area contributed by atoms with Crippen LogP contribution in [-0.2, 0) is 6.61 Å². The zero-order valence-electron chi connectivity index (χ0n) is 9.29. The highest BCUT2D eigenvalue weighted by Crippen LogP contribution is 2.31. The zero-order valence-corrected chi connectivity index (χ0v) is 10.1. The summed E-state index contributed by atoms with van der Waals surface area (Å²) in [6.07, 6.45) is 5.32. The van der Waals surface area contributed by atoms with Gasteiger partial charge in [-0.05, 0) is 42.5 Å². The molecule has 88 valence electrons. The number of hydrogen-bond donors (Lipinski definition) is 1. The fourth-order valence-corrected chi connectivity index (χ4v) is 3.38. The van der Waals surface area contributed by atoms with Crippen molar-refractivity contribution in [1.29, 1.82) is 0 Å². The molecule has 0 heterocycles. The molecule has 1 fully saturated rings. The Morgan fingerprint density at radius 2 is 2.00 bits per heavy atom. The van der Waals surface area contributed by atoms with Crippen LogP contribution >= 0.6 is 11.8 Å². The van der Waals surface area contributed by atoms with E-state index in [1.54, 1.807) is 17.8 Å². The number of thioether (sulfide) groups is 1. The maximum absolute atomic E-state index is 13.2. The van der Waals surface area contributed by atoms with Crippen LogP contribution in [0.4, 0.5) is 4.39 Å². The summed E-state index contributed by atoms with van der Waals surface area (Å²) in [6.45, 7) is -0.0885. The van der Waals surface area contributed by atoms with Gasteiger partial charge in [-0.15, -0.1) is 11.8 Å². The van der Waals surface area contributed by atoms with E-state index in [1.807, 2.05) is 6.07 Å². The lowest BCUT2D eigenvalue weighted by Crippen LogP contribution is -1.96. The van der Waals surface area contributed by atoms with Gasteiger partial charge in [-0.1, -0.05) is 12.8 Å². The monoisotopic (exact) mass is 240 g/mol. The topological polar surface area (TPSA) is 20.2 Å². The molecular weight excluding hydrogens is 223 g/mol. The third-order valence-electron chi connectivity index (χ3n) is 3.07. The standard InChI is InChI=1S/C13H17FOS/c14-12-5-11(8-15)6-13(7-12)16-9-10-3-1-2-4-10/h5-7,10,15H,1-4,8-9H2. The fraction of sp³-hybridized carbons (Fsp3) is 0.538. The van der Waals surface area contributed by atoms with Gasteiger partial charge in [-0.25, -0.2) is 4.39 Å². The lowest BCUT2D eigenvalue weighted by atomic mass is 10.1. The number of rotatable bonds is 4. The largest absolute Gasteiger partial charge is 0.392 e. The molecule has 1 aliphatic carbocycles. The molecule has 0 bridgehead atoms. The number of halogens is 1. The van der Waals surface area contributed by atoms with Crippen molar-refractivity contribution in [3.63, 3.8) is 0 Å². The first-order valence-electron chi connectivity index (χ1n) is 5.81. The molecule has 0 aliphatic heterocycles. The predicted molar refractivity (Wildman–Crippen MR) is 65.0 cm³/mol. The Morgan fingerprint density at radius 1 is 1.25 bits per heavy atom. The van der Waals surface area contributed by atoms with E-state index in [-0.39, 0.29) is 12.4 Å². The molecule has 1 saturated carbocycles. The summed E-state index contributed by atoms with van der Waals surface area (Å²) in [5.41, 5.74) is 0.661. The van der Waals surface area contributed by atoms with Crippen LogP contribution in [0.1, 0.15) is 31.2 Å². The van der Waals surface area contributed by atoms with Crippen molar-refractivity contribution in [3.05, 3.63) is 29.6 Å². The van der Waals surface area contributed by atoms with E-state index >= 15 is 0 Å². The van der Waals surface area contributed by atoms with E-state index in [0.29, 0.717) is 5.56 Å². The Labute approximate surface area is 100 Å². The van der Waals surface area contributed by atoms with Crippen LogP contribution in [0, 0.1) is 11.7 Å². The first-order valence-corrected chi connectivity index (χ1v) is 6.79. The molecule has 1 N–H and O–H groups in total. The van der Waals surface area contributed by atoms with Gasteiger partial charge in [0.1, 0.15) is 5.82 Å². The summed E-state index contributed by atoms with van der Waals surface area (Å²) in [5, 5.41) is 8.99. The third-order valence-corrected chi connectivity index (χ3v) is 4.28. The average molecular weight is 240 g/mol. The Hall–Kier alpha value is -0.540. The van der Waals surface area contributed by atoms with Crippen LogP contribution in [0.2, 0.25) is 0 Å². The van der Waals surface area contributed by atoms with Crippen LogP contribution in [0.3, 0.4) is 0 Å². The van der Waals surface area contributed by atoms with Gasteiger partial charge in [0.05, 0.1) is 6.61 Å². The van der Waals surface area contributed by atoms with Crippen molar-refractivity contribution in [2.45, 2.75) is 37.2 Å². The number of aliphatic hydroxyl groups excluding tert-OH is 1. The maximum Gasteiger partial charge on any atom is 0.124 e. The van der Waals surface area contributed by atoms with Gasteiger partial charge in [0, 0.05) is 10.6 Å². The first kappa shape index (κ1) is 11.9. The van der Waals surface area contributed by atoms with Crippen molar-refractivity contribution in [1.82, 2.24) is 0 Å². The van der Waals surface area contributed by atoms with Gasteiger partial charge in [0.25, 0.3) is 0 Å². The Morgan fingerprint density at radius 3 is 2.69 bits per heavy atom. The maximum atomic E-state index is 13.2. The molecule has 1 aliphatic rings. The van der Waals surface area contributed by atoms with Gasteiger partial charge in [-0.2, -0.15) is 0 Å². The van der Waals surface area contributed by atoms with Crippen molar-refractivity contribution >= 4 is 11.8 Å². The summed E-state index contributed by atoms with van der Waals surface area (Å²) in [5.74, 6) is 1.63. The van der Waals surface area contributed by atoms with E-state index < -0.39 is 0 Å². The van der Waals surface area contributed by atoms with Crippen LogP contribution in [0.15, 0.2) is 23.1 Å². The minimum atomic E-state index is -0.250. The molecule has 0 amide bonds. The first-order chi connectivity index (χ1) is 7.78. The number of aliphatic hydroxyl groups is 1. The van der Waals surface area contributed by atoms with Crippen LogP contribution in [0.25, 0.3) is 0 Å². The molecule has 3 heteroatoms. The predicted octanol–water partition coefficient (Wildman–Crippen LogP) is 3.60. The molecule has 1 aromatic carbocycles. The SMILES string of the molecule is OCc1cc(F)cc(SCC2CCCC2)c1.